The van der Waals surface area contributed by atoms with Crippen molar-refractivity contribution in [3.05, 3.63) is 29.8 Å². The number of hydrogen-bond donors (Lipinski definition) is 2. The predicted molar refractivity (Wildman–Crippen MR) is 85.2 cm³/mol. The van der Waals surface area contributed by atoms with Gasteiger partial charge in [0.05, 0.1) is 6.04 Å². The van der Waals surface area contributed by atoms with Crippen LogP contribution >= 0.6 is 0 Å². The van der Waals surface area contributed by atoms with Crippen molar-refractivity contribution >= 4 is 5.91 Å². The lowest BCUT2D eigenvalue weighted by atomic mass is 10.0. The van der Waals surface area contributed by atoms with E-state index in [0.29, 0.717) is 13.2 Å². The van der Waals surface area contributed by atoms with Gasteiger partial charge in [-0.3, -0.25) is 4.79 Å². The molecular formula is C16H27N3O2. The number of ether oxygens (including phenoxy) is 1. The van der Waals surface area contributed by atoms with E-state index >= 15 is 0 Å². The highest BCUT2D eigenvalue weighted by Crippen LogP contribution is 2.17. The molecule has 118 valence electrons. The number of hydrogen-bond acceptors (Lipinski definition) is 4. The Bertz CT molecular complexity index is 447. The molecule has 5 heteroatoms. The van der Waals surface area contributed by atoms with Crippen molar-refractivity contribution in [2.75, 3.05) is 27.2 Å². The first kappa shape index (κ1) is 17.5. The van der Waals surface area contributed by atoms with Crippen molar-refractivity contribution in [3.8, 4) is 5.75 Å². The van der Waals surface area contributed by atoms with Crippen LogP contribution < -0.4 is 15.8 Å². The molecule has 0 fully saturated rings. The summed E-state index contributed by atoms with van der Waals surface area (Å²) in [6, 6.07) is 7.25. The van der Waals surface area contributed by atoms with Gasteiger partial charge in [0.25, 0.3) is 0 Å². The standard InChI is InChI=1S/C16H27N3O2/c1-12(2)15(17)16(20)18-11-13-7-5-6-8-14(13)21-10-9-19(3)4/h5-8,12,15H,9-11,17H2,1-4H3,(H,18,20)/t15-/m0/s1. The minimum absolute atomic E-state index is 0.122. The Morgan fingerprint density at radius 3 is 2.62 bits per heavy atom. The smallest absolute Gasteiger partial charge is 0.237 e. The van der Waals surface area contributed by atoms with Crippen LogP contribution in [-0.4, -0.2) is 44.1 Å². The summed E-state index contributed by atoms with van der Waals surface area (Å²) in [7, 11) is 4.01. The number of benzene rings is 1. The minimum Gasteiger partial charge on any atom is -0.492 e. The van der Waals surface area contributed by atoms with Gasteiger partial charge in [0.15, 0.2) is 0 Å². The maximum absolute atomic E-state index is 11.9. The lowest BCUT2D eigenvalue weighted by Crippen LogP contribution is -2.43. The summed E-state index contributed by atoms with van der Waals surface area (Å²) in [5.41, 5.74) is 6.79. The number of amides is 1. The van der Waals surface area contributed by atoms with E-state index in [9.17, 15) is 4.79 Å². The molecule has 5 nitrogen and oxygen atoms in total. The molecule has 1 aromatic carbocycles. The highest BCUT2D eigenvalue weighted by atomic mass is 16.5. The van der Waals surface area contributed by atoms with Gasteiger partial charge in [-0.2, -0.15) is 0 Å². The van der Waals surface area contributed by atoms with E-state index in [1.54, 1.807) is 0 Å². The van der Waals surface area contributed by atoms with Gasteiger partial charge in [-0.25, -0.2) is 0 Å². The van der Waals surface area contributed by atoms with E-state index in [-0.39, 0.29) is 11.8 Å². The normalized spacial score (nSPS) is 12.5. The van der Waals surface area contributed by atoms with Gasteiger partial charge in [-0.05, 0) is 26.1 Å². The van der Waals surface area contributed by atoms with Gasteiger partial charge in [0, 0.05) is 18.7 Å². The van der Waals surface area contributed by atoms with E-state index in [1.807, 2.05) is 52.2 Å². The van der Waals surface area contributed by atoms with Crippen LogP contribution in [0.1, 0.15) is 19.4 Å². The Balaban J connectivity index is 2.56. The molecule has 3 N–H and O–H groups in total. The first-order valence-electron chi connectivity index (χ1n) is 7.30. The molecule has 0 aliphatic rings. The molecule has 1 amide bonds. The first-order valence-corrected chi connectivity index (χ1v) is 7.30. The topological polar surface area (TPSA) is 67.6 Å². The van der Waals surface area contributed by atoms with Crippen LogP contribution in [0.15, 0.2) is 24.3 Å². The van der Waals surface area contributed by atoms with E-state index < -0.39 is 6.04 Å². The van der Waals surface area contributed by atoms with Gasteiger partial charge < -0.3 is 20.7 Å². The zero-order valence-corrected chi connectivity index (χ0v) is 13.4. The lowest BCUT2D eigenvalue weighted by Gasteiger charge is -2.17. The van der Waals surface area contributed by atoms with E-state index in [2.05, 4.69) is 10.2 Å². The van der Waals surface area contributed by atoms with Crippen LogP contribution in [0.4, 0.5) is 0 Å². The van der Waals surface area contributed by atoms with Gasteiger partial charge in [0.1, 0.15) is 12.4 Å². The molecule has 0 spiro atoms. The Morgan fingerprint density at radius 2 is 2.00 bits per heavy atom. The van der Waals surface area contributed by atoms with Crippen LogP contribution in [0, 0.1) is 5.92 Å². The van der Waals surface area contributed by atoms with Gasteiger partial charge in [0.2, 0.25) is 5.91 Å². The lowest BCUT2D eigenvalue weighted by molar-refractivity contribution is -0.123. The third-order valence-corrected chi connectivity index (χ3v) is 3.24. The first-order chi connectivity index (χ1) is 9.91. The summed E-state index contributed by atoms with van der Waals surface area (Å²) in [6.45, 7) is 5.75. The average Bonchev–Trinajstić information content (AvgIpc) is 2.44. The monoisotopic (exact) mass is 293 g/mol. The molecule has 1 rings (SSSR count). The van der Waals surface area contributed by atoms with Crippen molar-refractivity contribution in [2.45, 2.75) is 26.4 Å². The van der Waals surface area contributed by atoms with E-state index in [1.165, 1.54) is 0 Å². The molecule has 1 atom stereocenters. The van der Waals surface area contributed by atoms with Crippen LogP contribution in [-0.2, 0) is 11.3 Å². The van der Waals surface area contributed by atoms with Gasteiger partial charge in [-0.15, -0.1) is 0 Å². The molecule has 0 saturated carbocycles. The van der Waals surface area contributed by atoms with E-state index in [0.717, 1.165) is 17.9 Å². The van der Waals surface area contributed by atoms with Crippen molar-refractivity contribution < 1.29 is 9.53 Å². The molecule has 0 aliphatic heterocycles. The average molecular weight is 293 g/mol. The molecule has 0 aromatic heterocycles. The molecule has 21 heavy (non-hydrogen) atoms. The molecule has 0 saturated heterocycles. The fourth-order valence-corrected chi connectivity index (χ4v) is 1.73. The van der Waals surface area contributed by atoms with Crippen molar-refractivity contribution in [1.29, 1.82) is 0 Å². The van der Waals surface area contributed by atoms with Crippen LogP contribution in [0.25, 0.3) is 0 Å². The summed E-state index contributed by atoms with van der Waals surface area (Å²) in [5.74, 6) is 0.794. The van der Waals surface area contributed by atoms with Crippen molar-refractivity contribution in [3.63, 3.8) is 0 Å². The van der Waals surface area contributed by atoms with Crippen molar-refractivity contribution in [2.24, 2.45) is 11.7 Å². The maximum Gasteiger partial charge on any atom is 0.237 e. The van der Waals surface area contributed by atoms with Crippen LogP contribution in [0.5, 0.6) is 5.75 Å². The summed E-state index contributed by atoms with van der Waals surface area (Å²) in [4.78, 5) is 14.0. The fourth-order valence-electron chi connectivity index (χ4n) is 1.73. The Hall–Kier alpha value is -1.59. The molecule has 0 aliphatic carbocycles. The second kappa shape index (κ2) is 8.64. The van der Waals surface area contributed by atoms with Crippen LogP contribution in [0.3, 0.4) is 0 Å². The number of rotatable bonds is 8. The largest absolute Gasteiger partial charge is 0.492 e. The zero-order valence-electron chi connectivity index (χ0n) is 13.4. The summed E-state index contributed by atoms with van der Waals surface area (Å²) in [6.07, 6.45) is 0. The highest BCUT2D eigenvalue weighted by Gasteiger charge is 2.17. The number of nitrogens with two attached hydrogens (primary N) is 1. The molecule has 0 heterocycles. The molecule has 0 bridgehead atoms. The maximum atomic E-state index is 11.9. The second-order valence-corrected chi connectivity index (χ2v) is 5.75. The summed E-state index contributed by atoms with van der Waals surface area (Å²) in [5, 5.41) is 2.87. The third-order valence-electron chi connectivity index (χ3n) is 3.24. The Labute approximate surface area is 127 Å². The minimum atomic E-state index is -0.480. The SMILES string of the molecule is CC(C)[C@H](N)C(=O)NCc1ccccc1OCCN(C)C. The van der Waals surface area contributed by atoms with Crippen molar-refractivity contribution in [1.82, 2.24) is 10.2 Å². The molecule has 0 radical (unpaired) electrons. The van der Waals surface area contributed by atoms with Gasteiger partial charge >= 0.3 is 0 Å². The third kappa shape index (κ3) is 6.14. The number of nitrogens with zero attached hydrogens (tertiary/aromatic N) is 1. The Morgan fingerprint density at radius 1 is 1.33 bits per heavy atom. The summed E-state index contributed by atoms with van der Waals surface area (Å²) < 4.78 is 5.76. The van der Waals surface area contributed by atoms with Crippen LogP contribution in [0.2, 0.25) is 0 Å². The highest BCUT2D eigenvalue weighted by molar-refractivity contribution is 5.81. The van der Waals surface area contributed by atoms with E-state index in [4.69, 9.17) is 10.5 Å². The predicted octanol–water partition coefficient (Wildman–Crippen LogP) is 1.23. The number of nitrogens with one attached hydrogen (secondary N) is 1. The van der Waals surface area contributed by atoms with Gasteiger partial charge in [-0.1, -0.05) is 32.0 Å². The zero-order chi connectivity index (χ0) is 15.8. The molecule has 0 unspecified atom stereocenters. The number of likely N-dealkylation sites (N-methyl/N-ethyl adjacent to an activating group) is 1. The Kier molecular flexibility index (Phi) is 7.19. The fraction of sp³-hybridized carbons (Fsp3) is 0.562. The summed E-state index contributed by atoms with van der Waals surface area (Å²) >= 11 is 0. The molecule has 1 aromatic rings. The quantitative estimate of drug-likeness (QED) is 0.756. The number of carbonyl (C=O) groups is 1. The molecular weight excluding hydrogens is 266 g/mol. The second-order valence-electron chi connectivity index (χ2n) is 5.75. The number of carbonyl (C=O) groups excluding carboxylic acids is 1. The number of para-hydroxylation sites is 1.